The van der Waals surface area contributed by atoms with Crippen molar-refractivity contribution in [1.82, 2.24) is 5.32 Å². The molecule has 13 heavy (non-hydrogen) atoms. The second kappa shape index (κ2) is 4.25. The van der Waals surface area contributed by atoms with Crippen molar-refractivity contribution in [1.29, 1.82) is 0 Å². The van der Waals surface area contributed by atoms with Gasteiger partial charge < -0.3 is 5.32 Å². The van der Waals surface area contributed by atoms with E-state index < -0.39 is 0 Å². The number of hydrogen-bond acceptors (Lipinski definition) is 2. The summed E-state index contributed by atoms with van der Waals surface area (Å²) in [5.41, 5.74) is 0. The van der Waals surface area contributed by atoms with Crippen molar-refractivity contribution in [2.24, 2.45) is 5.92 Å². The van der Waals surface area contributed by atoms with Gasteiger partial charge in [0.25, 0.3) is 0 Å². The van der Waals surface area contributed by atoms with E-state index >= 15 is 0 Å². The molecule has 1 aromatic heterocycles. The summed E-state index contributed by atoms with van der Waals surface area (Å²) in [6.45, 7) is 4.81. The monoisotopic (exact) mass is 195 g/mol. The molecule has 1 aliphatic heterocycles. The molecule has 1 aliphatic rings. The van der Waals surface area contributed by atoms with E-state index in [1.165, 1.54) is 25.9 Å². The zero-order chi connectivity index (χ0) is 9.10. The van der Waals surface area contributed by atoms with Crippen LogP contribution in [-0.2, 0) is 0 Å². The molecule has 0 aliphatic carbocycles. The Bertz CT molecular complexity index is 237. The first-order valence-corrected chi connectivity index (χ1v) is 5.98. The third-order valence-electron chi connectivity index (χ3n) is 2.88. The van der Waals surface area contributed by atoms with E-state index in [1.807, 2.05) is 11.3 Å². The van der Waals surface area contributed by atoms with Crippen molar-refractivity contribution in [2.75, 3.05) is 13.1 Å². The Hall–Kier alpha value is -0.340. The van der Waals surface area contributed by atoms with Gasteiger partial charge in [0.1, 0.15) is 0 Å². The highest BCUT2D eigenvalue weighted by atomic mass is 32.1. The molecule has 0 saturated carbocycles. The standard InChI is InChI=1S/C11H17NS/c1-9(11-3-2-6-13-11)7-10-4-5-12-8-10/h2-3,6,9-10,12H,4-5,7-8H2,1H3. The lowest BCUT2D eigenvalue weighted by atomic mass is 9.94. The van der Waals surface area contributed by atoms with Gasteiger partial charge in [-0.1, -0.05) is 13.0 Å². The zero-order valence-corrected chi connectivity index (χ0v) is 8.94. The fourth-order valence-electron chi connectivity index (χ4n) is 2.10. The fourth-order valence-corrected chi connectivity index (χ4v) is 2.90. The van der Waals surface area contributed by atoms with Crippen molar-refractivity contribution in [3.63, 3.8) is 0 Å². The molecule has 2 atom stereocenters. The third-order valence-corrected chi connectivity index (χ3v) is 3.98. The molecular formula is C11H17NS. The third kappa shape index (κ3) is 2.32. The Morgan fingerprint density at radius 2 is 2.62 bits per heavy atom. The van der Waals surface area contributed by atoms with Crippen LogP contribution in [0.15, 0.2) is 17.5 Å². The maximum absolute atomic E-state index is 3.43. The van der Waals surface area contributed by atoms with E-state index in [0.717, 1.165) is 11.8 Å². The summed E-state index contributed by atoms with van der Waals surface area (Å²) < 4.78 is 0. The molecule has 0 amide bonds. The highest BCUT2D eigenvalue weighted by molar-refractivity contribution is 7.10. The molecular weight excluding hydrogens is 178 g/mol. The molecule has 1 saturated heterocycles. The van der Waals surface area contributed by atoms with Gasteiger partial charge in [-0.3, -0.25) is 0 Å². The van der Waals surface area contributed by atoms with Crippen LogP contribution in [0.3, 0.4) is 0 Å². The Labute approximate surface area is 84.2 Å². The molecule has 72 valence electrons. The van der Waals surface area contributed by atoms with E-state index in [-0.39, 0.29) is 0 Å². The van der Waals surface area contributed by atoms with Crippen LogP contribution in [0.4, 0.5) is 0 Å². The average Bonchev–Trinajstić information content (AvgIpc) is 2.74. The van der Waals surface area contributed by atoms with E-state index in [1.54, 1.807) is 4.88 Å². The van der Waals surface area contributed by atoms with Gasteiger partial charge >= 0.3 is 0 Å². The molecule has 0 spiro atoms. The molecule has 2 unspecified atom stereocenters. The van der Waals surface area contributed by atoms with Crippen LogP contribution in [0.5, 0.6) is 0 Å². The Balaban J connectivity index is 1.87. The quantitative estimate of drug-likeness (QED) is 0.782. The maximum Gasteiger partial charge on any atom is 0.00735 e. The smallest absolute Gasteiger partial charge is 0.00735 e. The summed E-state index contributed by atoms with van der Waals surface area (Å²) in [4.78, 5) is 1.55. The first-order valence-electron chi connectivity index (χ1n) is 5.10. The lowest BCUT2D eigenvalue weighted by molar-refractivity contribution is 0.487. The molecule has 0 radical (unpaired) electrons. The van der Waals surface area contributed by atoms with Crippen molar-refractivity contribution < 1.29 is 0 Å². The molecule has 1 fully saturated rings. The predicted octanol–water partition coefficient (Wildman–Crippen LogP) is 2.85. The van der Waals surface area contributed by atoms with Crippen LogP contribution in [0.2, 0.25) is 0 Å². The van der Waals surface area contributed by atoms with E-state index in [2.05, 4.69) is 29.8 Å². The first-order chi connectivity index (χ1) is 6.36. The molecule has 2 heteroatoms. The van der Waals surface area contributed by atoms with Gasteiger partial charge in [0.2, 0.25) is 0 Å². The van der Waals surface area contributed by atoms with Crippen molar-refractivity contribution in [3.8, 4) is 0 Å². The van der Waals surface area contributed by atoms with Gasteiger partial charge in [0.15, 0.2) is 0 Å². The lowest BCUT2D eigenvalue weighted by Crippen LogP contribution is -2.10. The summed E-state index contributed by atoms with van der Waals surface area (Å²) in [6.07, 6.45) is 2.73. The first kappa shape index (κ1) is 9.22. The lowest BCUT2D eigenvalue weighted by Gasteiger charge is -2.13. The van der Waals surface area contributed by atoms with Crippen molar-refractivity contribution >= 4 is 11.3 Å². The number of hydrogen-bond donors (Lipinski definition) is 1. The van der Waals surface area contributed by atoms with Crippen LogP contribution < -0.4 is 5.32 Å². The molecule has 0 bridgehead atoms. The van der Waals surface area contributed by atoms with E-state index in [4.69, 9.17) is 0 Å². The molecule has 2 rings (SSSR count). The SMILES string of the molecule is CC(CC1CCNC1)c1cccs1. The summed E-state index contributed by atoms with van der Waals surface area (Å²) >= 11 is 1.89. The summed E-state index contributed by atoms with van der Waals surface area (Å²) in [5.74, 6) is 1.67. The minimum Gasteiger partial charge on any atom is -0.316 e. The fraction of sp³-hybridized carbons (Fsp3) is 0.636. The highest BCUT2D eigenvalue weighted by Gasteiger charge is 2.18. The van der Waals surface area contributed by atoms with Crippen LogP contribution in [0, 0.1) is 5.92 Å². The summed E-state index contributed by atoms with van der Waals surface area (Å²) in [5, 5.41) is 5.61. The summed E-state index contributed by atoms with van der Waals surface area (Å²) in [6, 6.07) is 4.42. The number of rotatable bonds is 3. The molecule has 0 aromatic carbocycles. The van der Waals surface area contributed by atoms with Gasteiger partial charge in [0, 0.05) is 4.88 Å². The minimum atomic E-state index is 0.755. The minimum absolute atomic E-state index is 0.755. The normalized spacial score (nSPS) is 24.8. The maximum atomic E-state index is 3.43. The topological polar surface area (TPSA) is 12.0 Å². The Morgan fingerprint density at radius 3 is 3.23 bits per heavy atom. The van der Waals surface area contributed by atoms with Crippen LogP contribution in [0.25, 0.3) is 0 Å². The molecule has 1 nitrogen and oxygen atoms in total. The molecule has 2 heterocycles. The van der Waals surface area contributed by atoms with Gasteiger partial charge in [0.05, 0.1) is 0 Å². The van der Waals surface area contributed by atoms with Gasteiger partial charge in [-0.2, -0.15) is 0 Å². The Kier molecular flexibility index (Phi) is 3.01. The largest absolute Gasteiger partial charge is 0.316 e. The second-order valence-corrected chi connectivity index (χ2v) is 4.99. The number of nitrogens with one attached hydrogen (secondary N) is 1. The highest BCUT2D eigenvalue weighted by Crippen LogP contribution is 2.28. The second-order valence-electron chi connectivity index (χ2n) is 4.01. The number of thiophene rings is 1. The van der Waals surface area contributed by atoms with E-state index in [9.17, 15) is 0 Å². The van der Waals surface area contributed by atoms with Gasteiger partial charge in [-0.15, -0.1) is 11.3 Å². The Morgan fingerprint density at radius 1 is 1.69 bits per heavy atom. The predicted molar refractivity (Wildman–Crippen MR) is 58.3 cm³/mol. The summed E-state index contributed by atoms with van der Waals surface area (Å²) in [7, 11) is 0. The van der Waals surface area contributed by atoms with Crippen LogP contribution >= 0.6 is 11.3 Å². The van der Waals surface area contributed by atoms with Crippen LogP contribution in [0.1, 0.15) is 30.6 Å². The van der Waals surface area contributed by atoms with Gasteiger partial charge in [-0.25, -0.2) is 0 Å². The van der Waals surface area contributed by atoms with Crippen LogP contribution in [-0.4, -0.2) is 13.1 Å². The van der Waals surface area contributed by atoms with E-state index in [0.29, 0.717) is 0 Å². The zero-order valence-electron chi connectivity index (χ0n) is 8.12. The molecule has 1 N–H and O–H groups in total. The van der Waals surface area contributed by atoms with Crippen molar-refractivity contribution in [2.45, 2.75) is 25.7 Å². The van der Waals surface area contributed by atoms with Gasteiger partial charge in [-0.05, 0) is 49.2 Å². The average molecular weight is 195 g/mol. The molecule has 1 aromatic rings. The van der Waals surface area contributed by atoms with Crippen molar-refractivity contribution in [3.05, 3.63) is 22.4 Å².